The van der Waals surface area contributed by atoms with E-state index < -0.39 is 0 Å². The summed E-state index contributed by atoms with van der Waals surface area (Å²) >= 11 is 0. The van der Waals surface area contributed by atoms with E-state index in [-0.39, 0.29) is 17.0 Å². The van der Waals surface area contributed by atoms with Gasteiger partial charge in [-0.2, -0.15) is 0 Å². The van der Waals surface area contributed by atoms with Gasteiger partial charge in [0.2, 0.25) is 0 Å². The maximum atomic E-state index is 13.3. The van der Waals surface area contributed by atoms with E-state index in [0.29, 0.717) is 5.56 Å². The van der Waals surface area contributed by atoms with Crippen LogP contribution in [0.3, 0.4) is 0 Å². The number of ether oxygens (including phenoxy) is 1. The number of morpholine rings is 1. The van der Waals surface area contributed by atoms with Gasteiger partial charge in [0.25, 0.3) is 0 Å². The molecule has 1 aromatic rings. The van der Waals surface area contributed by atoms with E-state index in [1.54, 1.807) is 6.07 Å². The minimum Gasteiger partial charge on any atom is -0.367 e. The molecule has 0 N–H and O–H groups in total. The maximum absolute atomic E-state index is 13.3. The summed E-state index contributed by atoms with van der Waals surface area (Å²) in [6.07, 6.45) is 0. The van der Waals surface area contributed by atoms with Crippen molar-refractivity contribution < 1.29 is 9.13 Å². The van der Waals surface area contributed by atoms with Gasteiger partial charge in [0.15, 0.2) is 0 Å². The molecule has 0 aliphatic carbocycles. The molecule has 1 aromatic carbocycles. The van der Waals surface area contributed by atoms with Crippen molar-refractivity contribution in [1.29, 1.82) is 0 Å². The SMILES string of the molecule is Cc1cc(CN2CC(C)(C)OC(C)(C)C2)ccc1F. The van der Waals surface area contributed by atoms with Gasteiger partial charge in [0, 0.05) is 19.6 Å². The largest absolute Gasteiger partial charge is 0.367 e. The van der Waals surface area contributed by atoms with E-state index in [1.165, 1.54) is 0 Å². The molecule has 0 saturated carbocycles. The molecule has 19 heavy (non-hydrogen) atoms. The van der Waals surface area contributed by atoms with Gasteiger partial charge < -0.3 is 4.74 Å². The van der Waals surface area contributed by atoms with E-state index in [9.17, 15) is 4.39 Å². The highest BCUT2D eigenvalue weighted by molar-refractivity contribution is 5.24. The third-order valence-corrected chi connectivity index (χ3v) is 3.39. The maximum Gasteiger partial charge on any atom is 0.126 e. The zero-order chi connectivity index (χ0) is 14.3. The van der Waals surface area contributed by atoms with Gasteiger partial charge in [-0.05, 0) is 51.8 Å². The standard InChI is InChI=1S/C16H24FNO/c1-12-8-13(6-7-14(12)17)9-18-10-15(2,3)19-16(4,5)11-18/h6-8H,9-11H2,1-5H3. The Hall–Kier alpha value is -0.930. The van der Waals surface area contributed by atoms with Crippen LogP contribution in [-0.4, -0.2) is 29.2 Å². The van der Waals surface area contributed by atoms with Gasteiger partial charge in [-0.1, -0.05) is 12.1 Å². The molecule has 1 heterocycles. The summed E-state index contributed by atoms with van der Waals surface area (Å²) < 4.78 is 19.4. The quantitative estimate of drug-likeness (QED) is 0.811. The molecule has 1 aliphatic rings. The van der Waals surface area contributed by atoms with Crippen LogP contribution in [0.5, 0.6) is 0 Å². The predicted octanol–water partition coefficient (Wildman–Crippen LogP) is 3.52. The van der Waals surface area contributed by atoms with Crippen LogP contribution in [-0.2, 0) is 11.3 Å². The van der Waals surface area contributed by atoms with Crippen molar-refractivity contribution in [1.82, 2.24) is 4.90 Å². The minimum atomic E-state index is -0.142. The molecule has 2 nitrogen and oxygen atoms in total. The number of aryl methyl sites for hydroxylation is 1. The van der Waals surface area contributed by atoms with E-state index in [2.05, 4.69) is 32.6 Å². The summed E-state index contributed by atoms with van der Waals surface area (Å²) in [6.45, 7) is 12.9. The smallest absolute Gasteiger partial charge is 0.126 e. The molecule has 3 heteroatoms. The molecule has 0 amide bonds. The molecule has 0 radical (unpaired) electrons. The van der Waals surface area contributed by atoms with Crippen molar-refractivity contribution in [3.8, 4) is 0 Å². The fraction of sp³-hybridized carbons (Fsp3) is 0.625. The van der Waals surface area contributed by atoms with Crippen LogP contribution >= 0.6 is 0 Å². The molecule has 1 saturated heterocycles. The third kappa shape index (κ3) is 3.77. The second kappa shape index (κ2) is 4.88. The van der Waals surface area contributed by atoms with Gasteiger partial charge in [-0.15, -0.1) is 0 Å². The van der Waals surface area contributed by atoms with Crippen LogP contribution in [0.1, 0.15) is 38.8 Å². The van der Waals surface area contributed by atoms with Crippen molar-refractivity contribution in [3.05, 3.63) is 35.1 Å². The Morgan fingerprint density at radius 3 is 2.26 bits per heavy atom. The zero-order valence-corrected chi connectivity index (χ0v) is 12.6. The number of hydrogen-bond acceptors (Lipinski definition) is 2. The average Bonchev–Trinajstić information content (AvgIpc) is 2.18. The normalized spacial score (nSPS) is 22.4. The molecule has 0 aromatic heterocycles. The van der Waals surface area contributed by atoms with Gasteiger partial charge >= 0.3 is 0 Å². The Balaban J connectivity index is 2.11. The first-order valence-electron chi connectivity index (χ1n) is 6.84. The molecule has 1 aliphatic heterocycles. The number of benzene rings is 1. The third-order valence-electron chi connectivity index (χ3n) is 3.39. The minimum absolute atomic E-state index is 0.133. The Kier molecular flexibility index (Phi) is 3.72. The molecule has 106 valence electrons. The summed E-state index contributed by atoms with van der Waals surface area (Å²) in [5.41, 5.74) is 1.59. The number of nitrogens with zero attached hydrogens (tertiary/aromatic N) is 1. The van der Waals surface area contributed by atoms with E-state index in [4.69, 9.17) is 4.74 Å². The predicted molar refractivity (Wildman–Crippen MR) is 75.7 cm³/mol. The second-order valence-corrected chi connectivity index (χ2v) is 6.85. The molecule has 0 atom stereocenters. The molecule has 0 unspecified atom stereocenters. The van der Waals surface area contributed by atoms with E-state index in [0.717, 1.165) is 25.2 Å². The highest BCUT2D eigenvalue weighted by Crippen LogP contribution is 2.29. The van der Waals surface area contributed by atoms with Crippen molar-refractivity contribution in [3.63, 3.8) is 0 Å². The summed E-state index contributed by atoms with van der Waals surface area (Å²) in [4.78, 5) is 2.39. The van der Waals surface area contributed by atoms with E-state index in [1.807, 2.05) is 19.1 Å². The average molecular weight is 265 g/mol. The Morgan fingerprint density at radius 2 is 1.74 bits per heavy atom. The Bertz CT molecular complexity index is 452. The lowest BCUT2D eigenvalue weighted by Gasteiger charge is -2.47. The zero-order valence-electron chi connectivity index (χ0n) is 12.6. The monoisotopic (exact) mass is 265 g/mol. The Morgan fingerprint density at radius 1 is 1.16 bits per heavy atom. The fourth-order valence-electron chi connectivity index (χ4n) is 3.12. The molecular formula is C16H24FNO. The molecule has 2 rings (SSSR count). The summed E-state index contributed by atoms with van der Waals surface area (Å²) in [5.74, 6) is -0.133. The number of halogens is 1. The van der Waals surface area contributed by atoms with Crippen molar-refractivity contribution in [2.24, 2.45) is 0 Å². The lowest BCUT2D eigenvalue weighted by atomic mass is 9.98. The Labute approximate surface area is 115 Å². The summed E-state index contributed by atoms with van der Waals surface area (Å²) in [7, 11) is 0. The number of hydrogen-bond donors (Lipinski definition) is 0. The lowest BCUT2D eigenvalue weighted by Crippen LogP contribution is -2.56. The van der Waals surface area contributed by atoms with Crippen molar-refractivity contribution in [2.75, 3.05) is 13.1 Å². The molecular weight excluding hydrogens is 241 g/mol. The molecule has 1 fully saturated rings. The van der Waals surface area contributed by atoms with Crippen LogP contribution < -0.4 is 0 Å². The van der Waals surface area contributed by atoms with Crippen molar-refractivity contribution in [2.45, 2.75) is 52.4 Å². The van der Waals surface area contributed by atoms with Crippen LogP contribution in [0.2, 0.25) is 0 Å². The summed E-state index contributed by atoms with van der Waals surface area (Å²) in [6, 6.07) is 5.37. The van der Waals surface area contributed by atoms with Crippen LogP contribution in [0.4, 0.5) is 4.39 Å². The van der Waals surface area contributed by atoms with Gasteiger partial charge in [-0.3, -0.25) is 4.90 Å². The van der Waals surface area contributed by atoms with Gasteiger partial charge in [-0.25, -0.2) is 4.39 Å². The summed E-state index contributed by atoms with van der Waals surface area (Å²) in [5, 5.41) is 0. The van der Waals surface area contributed by atoms with Gasteiger partial charge in [0.1, 0.15) is 5.82 Å². The van der Waals surface area contributed by atoms with Crippen LogP contribution in [0.25, 0.3) is 0 Å². The highest BCUT2D eigenvalue weighted by Gasteiger charge is 2.37. The lowest BCUT2D eigenvalue weighted by molar-refractivity contribution is -0.182. The van der Waals surface area contributed by atoms with Crippen LogP contribution in [0, 0.1) is 12.7 Å². The fourth-order valence-corrected chi connectivity index (χ4v) is 3.12. The molecule has 0 spiro atoms. The van der Waals surface area contributed by atoms with E-state index >= 15 is 0 Å². The molecule has 0 bridgehead atoms. The van der Waals surface area contributed by atoms with Crippen molar-refractivity contribution >= 4 is 0 Å². The topological polar surface area (TPSA) is 12.5 Å². The second-order valence-electron chi connectivity index (χ2n) is 6.85. The first-order valence-corrected chi connectivity index (χ1v) is 6.84. The first kappa shape index (κ1) is 14.5. The highest BCUT2D eigenvalue weighted by atomic mass is 19.1. The van der Waals surface area contributed by atoms with Gasteiger partial charge in [0.05, 0.1) is 11.2 Å². The first-order chi connectivity index (χ1) is 8.67. The number of rotatable bonds is 2. The van der Waals surface area contributed by atoms with Crippen LogP contribution in [0.15, 0.2) is 18.2 Å².